The lowest BCUT2D eigenvalue weighted by molar-refractivity contribution is -0.137. The summed E-state index contributed by atoms with van der Waals surface area (Å²) in [6.07, 6.45) is 14.1. The molecule has 0 amide bonds. The van der Waals surface area contributed by atoms with E-state index in [9.17, 15) is 4.79 Å². The van der Waals surface area contributed by atoms with Gasteiger partial charge in [0.25, 0.3) is 0 Å². The second-order valence-corrected chi connectivity index (χ2v) is 6.72. The fraction of sp³-hybridized carbons (Fsp3) is 0.455. The van der Waals surface area contributed by atoms with E-state index >= 15 is 0 Å². The van der Waals surface area contributed by atoms with E-state index in [1.807, 2.05) is 18.5 Å². The van der Waals surface area contributed by atoms with Gasteiger partial charge in [-0.1, -0.05) is 62.4 Å². The van der Waals surface area contributed by atoms with Crippen LogP contribution in [0.3, 0.4) is 0 Å². The molecule has 2 rings (SSSR count). The maximum absolute atomic E-state index is 10.4. The number of aryl methyl sites for hydroxylation is 1. The SMILES string of the molecule is O=C(O)CCCCCCCCCc1ccc(Cc2cccnc2)cc1. The van der Waals surface area contributed by atoms with Crippen molar-refractivity contribution >= 4 is 5.97 Å². The first kappa shape index (κ1) is 19.2. The fourth-order valence-electron chi connectivity index (χ4n) is 3.05. The maximum atomic E-state index is 10.4. The van der Waals surface area contributed by atoms with Crippen molar-refractivity contribution in [3.63, 3.8) is 0 Å². The van der Waals surface area contributed by atoms with E-state index < -0.39 is 5.97 Å². The summed E-state index contributed by atoms with van der Waals surface area (Å²) in [5.41, 5.74) is 3.99. The van der Waals surface area contributed by atoms with Crippen molar-refractivity contribution in [3.8, 4) is 0 Å². The molecule has 1 N–H and O–H groups in total. The normalized spacial score (nSPS) is 10.7. The lowest BCUT2D eigenvalue weighted by Gasteiger charge is -2.05. The Morgan fingerprint density at radius 1 is 0.800 bits per heavy atom. The van der Waals surface area contributed by atoms with Crippen LogP contribution in [0, 0.1) is 0 Å². The molecule has 0 saturated heterocycles. The lowest BCUT2D eigenvalue weighted by Crippen LogP contribution is -1.93. The van der Waals surface area contributed by atoms with Gasteiger partial charge in [-0.2, -0.15) is 0 Å². The number of pyridine rings is 1. The molecule has 0 unspecified atom stereocenters. The third kappa shape index (κ3) is 8.48. The molecule has 0 atom stereocenters. The van der Waals surface area contributed by atoms with Crippen molar-refractivity contribution in [2.45, 2.75) is 64.2 Å². The number of benzene rings is 1. The van der Waals surface area contributed by atoms with Gasteiger partial charge < -0.3 is 5.11 Å². The van der Waals surface area contributed by atoms with E-state index in [-0.39, 0.29) is 0 Å². The zero-order valence-corrected chi connectivity index (χ0v) is 15.0. The van der Waals surface area contributed by atoms with Crippen LogP contribution >= 0.6 is 0 Å². The average Bonchev–Trinajstić information content (AvgIpc) is 2.62. The average molecular weight is 339 g/mol. The zero-order valence-electron chi connectivity index (χ0n) is 15.0. The van der Waals surface area contributed by atoms with Gasteiger partial charge in [0.1, 0.15) is 0 Å². The fourth-order valence-corrected chi connectivity index (χ4v) is 3.05. The van der Waals surface area contributed by atoms with Gasteiger partial charge in [0.05, 0.1) is 0 Å². The number of nitrogens with zero attached hydrogens (tertiary/aromatic N) is 1. The van der Waals surface area contributed by atoms with Crippen molar-refractivity contribution in [1.82, 2.24) is 4.98 Å². The van der Waals surface area contributed by atoms with Gasteiger partial charge in [-0.15, -0.1) is 0 Å². The molecule has 1 heterocycles. The van der Waals surface area contributed by atoms with Crippen LogP contribution < -0.4 is 0 Å². The molecule has 1 aromatic heterocycles. The van der Waals surface area contributed by atoms with E-state index in [4.69, 9.17) is 5.11 Å². The summed E-state index contributed by atoms with van der Waals surface area (Å²) in [5, 5.41) is 8.58. The predicted octanol–water partition coefficient (Wildman–Crippen LogP) is 5.42. The molecule has 0 radical (unpaired) electrons. The molecule has 2 aromatic rings. The Morgan fingerprint density at radius 2 is 1.44 bits per heavy atom. The van der Waals surface area contributed by atoms with Gasteiger partial charge in [-0.05, 0) is 48.4 Å². The van der Waals surface area contributed by atoms with Gasteiger partial charge in [-0.3, -0.25) is 9.78 Å². The van der Waals surface area contributed by atoms with Gasteiger partial charge in [0.2, 0.25) is 0 Å². The zero-order chi connectivity index (χ0) is 17.7. The Balaban J connectivity index is 1.55. The molecule has 3 nitrogen and oxygen atoms in total. The molecular formula is C22H29NO2. The summed E-state index contributed by atoms with van der Waals surface area (Å²) in [5.74, 6) is -0.675. The van der Waals surface area contributed by atoms with Crippen molar-refractivity contribution < 1.29 is 9.90 Å². The van der Waals surface area contributed by atoms with Crippen LogP contribution in [0.1, 0.15) is 68.1 Å². The number of rotatable bonds is 12. The maximum Gasteiger partial charge on any atom is 0.303 e. The van der Waals surface area contributed by atoms with Gasteiger partial charge in [-0.25, -0.2) is 0 Å². The van der Waals surface area contributed by atoms with Gasteiger partial charge in [0, 0.05) is 18.8 Å². The largest absolute Gasteiger partial charge is 0.481 e. The molecule has 1 aromatic carbocycles. The number of aromatic nitrogens is 1. The van der Waals surface area contributed by atoms with Crippen LogP contribution in [-0.2, 0) is 17.6 Å². The van der Waals surface area contributed by atoms with Crippen LogP contribution in [0.15, 0.2) is 48.8 Å². The quantitative estimate of drug-likeness (QED) is 0.525. The van der Waals surface area contributed by atoms with Crippen LogP contribution in [0.4, 0.5) is 0 Å². The Morgan fingerprint density at radius 3 is 2.08 bits per heavy atom. The van der Waals surface area contributed by atoms with Gasteiger partial charge >= 0.3 is 5.97 Å². The Bertz CT molecular complexity index is 608. The molecule has 0 aliphatic rings. The highest BCUT2D eigenvalue weighted by Gasteiger charge is 1.99. The highest BCUT2D eigenvalue weighted by Crippen LogP contribution is 2.14. The number of aliphatic carboxylic acids is 1. The van der Waals surface area contributed by atoms with Crippen molar-refractivity contribution in [3.05, 3.63) is 65.5 Å². The number of hydrogen-bond acceptors (Lipinski definition) is 2. The molecule has 0 bridgehead atoms. The minimum atomic E-state index is -0.675. The summed E-state index contributed by atoms with van der Waals surface area (Å²) in [4.78, 5) is 14.6. The predicted molar refractivity (Wildman–Crippen MR) is 102 cm³/mol. The molecule has 25 heavy (non-hydrogen) atoms. The summed E-state index contributed by atoms with van der Waals surface area (Å²) in [7, 11) is 0. The van der Waals surface area contributed by atoms with E-state index in [1.165, 1.54) is 42.4 Å². The second kappa shape index (κ2) is 11.4. The summed E-state index contributed by atoms with van der Waals surface area (Å²) in [6.45, 7) is 0. The van der Waals surface area contributed by atoms with Crippen LogP contribution in [0.25, 0.3) is 0 Å². The monoisotopic (exact) mass is 339 g/mol. The Labute approximate surface area is 151 Å². The van der Waals surface area contributed by atoms with Crippen molar-refractivity contribution in [2.75, 3.05) is 0 Å². The highest BCUT2D eigenvalue weighted by molar-refractivity contribution is 5.66. The Kier molecular flexibility index (Phi) is 8.74. The Hall–Kier alpha value is -2.16. The number of carbonyl (C=O) groups is 1. The van der Waals surface area contributed by atoms with E-state index in [1.54, 1.807) is 0 Å². The lowest BCUT2D eigenvalue weighted by atomic mass is 10.0. The minimum Gasteiger partial charge on any atom is -0.481 e. The first-order valence-corrected chi connectivity index (χ1v) is 9.42. The summed E-state index contributed by atoms with van der Waals surface area (Å²) < 4.78 is 0. The molecule has 0 aliphatic heterocycles. The summed E-state index contributed by atoms with van der Waals surface area (Å²) in [6, 6.07) is 13.0. The topological polar surface area (TPSA) is 50.2 Å². The van der Waals surface area contributed by atoms with E-state index in [0.29, 0.717) is 6.42 Å². The number of hydrogen-bond donors (Lipinski definition) is 1. The molecule has 0 fully saturated rings. The third-order valence-corrected chi connectivity index (χ3v) is 4.51. The minimum absolute atomic E-state index is 0.316. The van der Waals surface area contributed by atoms with Gasteiger partial charge in [0.15, 0.2) is 0 Å². The molecule has 134 valence electrons. The summed E-state index contributed by atoms with van der Waals surface area (Å²) >= 11 is 0. The molecule has 0 spiro atoms. The van der Waals surface area contributed by atoms with E-state index in [2.05, 4.69) is 35.3 Å². The first-order chi connectivity index (χ1) is 12.2. The standard InChI is InChI=1S/C22H29NO2/c24-22(25)11-7-5-3-1-2-4-6-9-19-12-14-20(15-13-19)17-21-10-8-16-23-18-21/h8,10,12-16,18H,1-7,9,11,17H2,(H,24,25). The number of unbranched alkanes of at least 4 members (excludes halogenated alkanes) is 6. The third-order valence-electron chi connectivity index (χ3n) is 4.51. The highest BCUT2D eigenvalue weighted by atomic mass is 16.4. The second-order valence-electron chi connectivity index (χ2n) is 6.72. The smallest absolute Gasteiger partial charge is 0.303 e. The first-order valence-electron chi connectivity index (χ1n) is 9.42. The van der Waals surface area contributed by atoms with Crippen molar-refractivity contribution in [2.24, 2.45) is 0 Å². The van der Waals surface area contributed by atoms with Crippen LogP contribution in [0.5, 0.6) is 0 Å². The number of carboxylic acid groups (broad SMARTS) is 1. The molecular weight excluding hydrogens is 310 g/mol. The molecule has 3 heteroatoms. The van der Waals surface area contributed by atoms with Crippen LogP contribution in [-0.4, -0.2) is 16.1 Å². The van der Waals surface area contributed by atoms with E-state index in [0.717, 1.165) is 32.1 Å². The molecule has 0 aliphatic carbocycles. The number of carboxylic acids is 1. The molecule has 0 saturated carbocycles. The van der Waals surface area contributed by atoms with Crippen molar-refractivity contribution in [1.29, 1.82) is 0 Å². The van der Waals surface area contributed by atoms with Crippen LogP contribution in [0.2, 0.25) is 0 Å².